The molecule has 3 heterocycles. The fourth-order valence-electron chi connectivity index (χ4n) is 3.82. The first-order chi connectivity index (χ1) is 11.6. The third-order valence-electron chi connectivity index (χ3n) is 5.08. The third-order valence-corrected chi connectivity index (χ3v) is 5.08. The van der Waals surface area contributed by atoms with Crippen molar-refractivity contribution in [2.45, 2.75) is 25.3 Å². The molecule has 0 radical (unpaired) electrons. The molecule has 1 fully saturated rings. The highest BCUT2D eigenvalue weighted by atomic mass is 19.1. The van der Waals surface area contributed by atoms with Crippen molar-refractivity contribution in [3.8, 4) is 0 Å². The minimum Gasteiger partial charge on any atom is -0.338 e. The maximum absolute atomic E-state index is 13.4. The van der Waals surface area contributed by atoms with Crippen molar-refractivity contribution in [2.24, 2.45) is 13.0 Å². The van der Waals surface area contributed by atoms with E-state index in [1.807, 2.05) is 24.0 Å². The summed E-state index contributed by atoms with van der Waals surface area (Å²) in [6.45, 7) is 2.31. The molecule has 0 aromatic carbocycles. The van der Waals surface area contributed by atoms with Gasteiger partial charge >= 0.3 is 6.03 Å². The molecule has 2 aliphatic heterocycles. The fourth-order valence-corrected chi connectivity index (χ4v) is 3.82. The molecule has 0 aliphatic carbocycles. The molecule has 3 rings (SSSR count). The van der Waals surface area contributed by atoms with Crippen LogP contribution in [0.4, 0.5) is 9.18 Å². The van der Waals surface area contributed by atoms with Crippen molar-refractivity contribution in [3.63, 3.8) is 0 Å². The third kappa shape index (κ3) is 3.61. The lowest BCUT2D eigenvalue weighted by atomic mass is 9.87. The van der Waals surface area contributed by atoms with Gasteiger partial charge in [-0.15, -0.1) is 0 Å². The highest BCUT2D eigenvalue weighted by molar-refractivity contribution is 5.74. The van der Waals surface area contributed by atoms with Crippen LogP contribution in [0, 0.1) is 5.92 Å². The Labute approximate surface area is 142 Å². The van der Waals surface area contributed by atoms with E-state index in [0.717, 1.165) is 19.4 Å². The Morgan fingerprint density at radius 2 is 2.25 bits per heavy atom. The van der Waals surface area contributed by atoms with Gasteiger partial charge in [-0.05, 0) is 50.9 Å². The molecule has 2 amide bonds. The van der Waals surface area contributed by atoms with Crippen LogP contribution >= 0.6 is 0 Å². The Balaban J connectivity index is 1.63. The van der Waals surface area contributed by atoms with Crippen LogP contribution < -0.4 is 5.32 Å². The number of urea groups is 1. The van der Waals surface area contributed by atoms with E-state index in [0.29, 0.717) is 25.4 Å². The van der Waals surface area contributed by atoms with Crippen LogP contribution in [-0.4, -0.2) is 58.8 Å². The van der Waals surface area contributed by atoms with Crippen molar-refractivity contribution in [2.75, 3.05) is 33.2 Å². The summed E-state index contributed by atoms with van der Waals surface area (Å²) in [4.78, 5) is 16.2. The first-order valence-corrected chi connectivity index (χ1v) is 8.61. The van der Waals surface area contributed by atoms with Gasteiger partial charge in [-0.25, -0.2) is 9.18 Å². The number of carbonyl (C=O) groups excluding carboxylic acids is 1. The first kappa shape index (κ1) is 17.0. The molecule has 1 N–H and O–H groups in total. The molecule has 0 bridgehead atoms. The lowest BCUT2D eigenvalue weighted by Gasteiger charge is -2.39. The zero-order valence-electron chi connectivity index (χ0n) is 14.4. The lowest BCUT2D eigenvalue weighted by Crippen LogP contribution is -2.47. The largest absolute Gasteiger partial charge is 0.338 e. The summed E-state index contributed by atoms with van der Waals surface area (Å²) in [5, 5.41) is 7.30. The zero-order valence-corrected chi connectivity index (χ0v) is 14.4. The Hall–Kier alpha value is -1.89. The summed E-state index contributed by atoms with van der Waals surface area (Å²) >= 11 is 0. The highest BCUT2D eigenvalue weighted by Crippen LogP contribution is 2.34. The van der Waals surface area contributed by atoms with Crippen molar-refractivity contribution < 1.29 is 9.18 Å². The van der Waals surface area contributed by atoms with Crippen molar-refractivity contribution >= 4 is 6.03 Å². The van der Waals surface area contributed by atoms with E-state index in [2.05, 4.69) is 22.4 Å². The number of aryl methyl sites for hydroxylation is 1. The molecular formula is C17H26FN5O. The lowest BCUT2D eigenvalue weighted by molar-refractivity contribution is 0.112. The van der Waals surface area contributed by atoms with Gasteiger partial charge in [0.05, 0.1) is 18.3 Å². The average Bonchev–Trinajstić information content (AvgIpc) is 2.98. The monoisotopic (exact) mass is 335 g/mol. The van der Waals surface area contributed by atoms with Gasteiger partial charge < -0.3 is 10.2 Å². The molecule has 1 saturated heterocycles. The Morgan fingerprint density at radius 1 is 1.42 bits per heavy atom. The maximum atomic E-state index is 13.4. The van der Waals surface area contributed by atoms with Gasteiger partial charge in [0, 0.05) is 26.3 Å². The molecule has 1 aromatic rings. The second kappa shape index (κ2) is 7.34. The molecule has 0 spiro atoms. The van der Waals surface area contributed by atoms with E-state index in [9.17, 15) is 9.18 Å². The summed E-state index contributed by atoms with van der Waals surface area (Å²) in [5.74, 6) is 0.106. The summed E-state index contributed by atoms with van der Waals surface area (Å²) in [6, 6.07) is 2.12. The molecule has 1 aromatic heterocycles. The number of likely N-dealkylation sites (tertiary alicyclic amines) is 1. The Bertz CT molecular complexity index is 614. The molecule has 2 aliphatic rings. The summed E-state index contributed by atoms with van der Waals surface area (Å²) in [5.41, 5.74) is 1.17. The Kier molecular flexibility index (Phi) is 5.18. The van der Waals surface area contributed by atoms with Gasteiger partial charge in [-0.3, -0.25) is 9.58 Å². The van der Waals surface area contributed by atoms with E-state index < -0.39 is 0 Å². The molecule has 0 saturated carbocycles. The topological polar surface area (TPSA) is 53.4 Å². The van der Waals surface area contributed by atoms with Gasteiger partial charge in [0.15, 0.2) is 0 Å². The molecular weight excluding hydrogens is 309 g/mol. The van der Waals surface area contributed by atoms with Crippen molar-refractivity contribution in [1.29, 1.82) is 0 Å². The number of piperidine rings is 1. The van der Waals surface area contributed by atoms with Gasteiger partial charge in [-0.2, -0.15) is 5.10 Å². The predicted octanol–water partition coefficient (Wildman–Crippen LogP) is 2.07. The number of hydrogen-bond acceptors (Lipinski definition) is 3. The molecule has 7 heteroatoms. The predicted molar refractivity (Wildman–Crippen MR) is 90.1 cm³/mol. The van der Waals surface area contributed by atoms with Crippen LogP contribution in [0.5, 0.6) is 0 Å². The van der Waals surface area contributed by atoms with E-state index in [1.54, 1.807) is 11.0 Å². The van der Waals surface area contributed by atoms with Crippen molar-refractivity contribution in [3.05, 3.63) is 29.9 Å². The quantitative estimate of drug-likeness (QED) is 0.920. The average molecular weight is 335 g/mol. The van der Waals surface area contributed by atoms with E-state index in [1.165, 1.54) is 5.69 Å². The molecule has 0 unspecified atom stereocenters. The van der Waals surface area contributed by atoms with E-state index in [-0.39, 0.29) is 24.4 Å². The number of nitrogens with zero attached hydrogens (tertiary/aromatic N) is 4. The number of rotatable bonds is 3. The number of carbonyl (C=O) groups is 1. The minimum atomic E-state index is -0.221. The second-order valence-electron chi connectivity index (χ2n) is 6.75. The van der Waals surface area contributed by atoms with Crippen LogP contribution in [0.15, 0.2) is 24.2 Å². The van der Waals surface area contributed by atoms with Gasteiger partial charge in [0.1, 0.15) is 5.83 Å². The molecule has 6 nitrogen and oxygen atoms in total. The number of halogens is 1. The van der Waals surface area contributed by atoms with Crippen LogP contribution in [0.1, 0.15) is 31.0 Å². The van der Waals surface area contributed by atoms with Gasteiger partial charge in [0.2, 0.25) is 0 Å². The summed E-state index contributed by atoms with van der Waals surface area (Å²) in [7, 11) is 4.08. The SMILES string of the molecule is CN1CCC[C@@H](CNC(=O)N2CCC=C(F)C2)[C@@H]1c1ccnn1C. The van der Waals surface area contributed by atoms with Gasteiger partial charge in [-0.1, -0.05) is 0 Å². The number of nitrogens with one attached hydrogen (secondary N) is 1. The molecule has 132 valence electrons. The van der Waals surface area contributed by atoms with E-state index in [4.69, 9.17) is 0 Å². The number of amides is 2. The number of aromatic nitrogens is 2. The van der Waals surface area contributed by atoms with Gasteiger partial charge in [0.25, 0.3) is 0 Å². The van der Waals surface area contributed by atoms with Crippen LogP contribution in [0.2, 0.25) is 0 Å². The fraction of sp³-hybridized carbons (Fsp3) is 0.647. The minimum absolute atomic E-state index is 0.0849. The van der Waals surface area contributed by atoms with E-state index >= 15 is 0 Å². The normalized spacial score (nSPS) is 25.5. The molecule has 24 heavy (non-hydrogen) atoms. The number of hydrogen-bond donors (Lipinski definition) is 1. The van der Waals surface area contributed by atoms with Crippen LogP contribution in [-0.2, 0) is 7.05 Å². The zero-order chi connectivity index (χ0) is 17.1. The Morgan fingerprint density at radius 3 is 2.96 bits per heavy atom. The first-order valence-electron chi connectivity index (χ1n) is 8.61. The van der Waals surface area contributed by atoms with Crippen LogP contribution in [0.3, 0.4) is 0 Å². The smallest absolute Gasteiger partial charge is 0.317 e. The highest BCUT2D eigenvalue weighted by Gasteiger charge is 2.33. The standard InChI is InChI=1S/C17H26FN5O/c1-21-9-3-5-13(16(21)15-7-8-20-22(15)2)11-19-17(24)23-10-4-6-14(18)12-23/h6-8,13,16H,3-5,9-12H2,1-2H3,(H,19,24)/t13-,16+/m0/s1. The molecule has 2 atom stereocenters. The van der Waals surface area contributed by atoms with Crippen LogP contribution in [0.25, 0.3) is 0 Å². The van der Waals surface area contributed by atoms with Crippen molar-refractivity contribution in [1.82, 2.24) is 24.9 Å². The summed E-state index contributed by atoms with van der Waals surface area (Å²) in [6.07, 6.45) is 6.14. The summed E-state index contributed by atoms with van der Waals surface area (Å²) < 4.78 is 15.3. The maximum Gasteiger partial charge on any atom is 0.317 e. The second-order valence-corrected chi connectivity index (χ2v) is 6.75.